The Labute approximate surface area is 97.7 Å². The van der Waals surface area contributed by atoms with Gasteiger partial charge in [-0.15, -0.1) is 0 Å². The van der Waals surface area contributed by atoms with Crippen molar-refractivity contribution in [1.82, 2.24) is 19.8 Å². The summed E-state index contributed by atoms with van der Waals surface area (Å²) >= 11 is 0. The molecule has 0 aliphatic carbocycles. The third-order valence-electron chi connectivity index (χ3n) is 3.45. The van der Waals surface area contributed by atoms with E-state index in [1.165, 1.54) is 38.9 Å². The molecular formula is C12H22N4. The number of nitrogens with zero attached hydrogens (tertiary/aromatic N) is 3. The number of hydrogen-bond donors (Lipinski definition) is 1. The molecule has 1 N–H and O–H groups in total. The lowest BCUT2D eigenvalue weighted by atomic mass is 10.1. The Hall–Kier alpha value is -0.870. The lowest BCUT2D eigenvalue weighted by Gasteiger charge is -2.31. The van der Waals surface area contributed by atoms with Gasteiger partial charge in [-0.3, -0.25) is 0 Å². The molecule has 0 unspecified atom stereocenters. The van der Waals surface area contributed by atoms with Crippen molar-refractivity contribution in [2.75, 3.05) is 26.7 Å². The summed E-state index contributed by atoms with van der Waals surface area (Å²) < 4.78 is 2.15. The number of aromatic nitrogens is 2. The lowest BCUT2D eigenvalue weighted by Crippen LogP contribution is -2.41. The van der Waals surface area contributed by atoms with Gasteiger partial charge in [0.25, 0.3) is 0 Å². The second-order valence-electron chi connectivity index (χ2n) is 4.56. The molecule has 90 valence electrons. The van der Waals surface area contributed by atoms with Crippen LogP contribution in [0, 0.1) is 0 Å². The molecule has 1 saturated heterocycles. The SMILES string of the molecule is CNC1CCN(CCCn2ccnc2)CC1. The first-order valence-corrected chi connectivity index (χ1v) is 6.24. The maximum absolute atomic E-state index is 4.05. The van der Waals surface area contributed by atoms with Crippen LogP contribution in [0.1, 0.15) is 19.3 Å². The highest BCUT2D eigenvalue weighted by Gasteiger charge is 2.16. The number of nitrogens with one attached hydrogen (secondary N) is 1. The highest BCUT2D eigenvalue weighted by atomic mass is 15.1. The third-order valence-corrected chi connectivity index (χ3v) is 3.45. The first-order chi connectivity index (χ1) is 7.88. The third kappa shape index (κ3) is 3.32. The van der Waals surface area contributed by atoms with E-state index in [-0.39, 0.29) is 0 Å². The number of imidazole rings is 1. The summed E-state index contributed by atoms with van der Waals surface area (Å²) in [6.45, 7) is 4.80. The topological polar surface area (TPSA) is 33.1 Å². The lowest BCUT2D eigenvalue weighted by molar-refractivity contribution is 0.197. The average Bonchev–Trinajstić information content (AvgIpc) is 2.83. The predicted octanol–water partition coefficient (Wildman–Crippen LogP) is 0.957. The van der Waals surface area contributed by atoms with Gasteiger partial charge in [0.1, 0.15) is 0 Å². The first-order valence-electron chi connectivity index (χ1n) is 6.24. The molecule has 0 aromatic carbocycles. The van der Waals surface area contributed by atoms with Gasteiger partial charge in [-0.2, -0.15) is 0 Å². The second-order valence-corrected chi connectivity index (χ2v) is 4.56. The normalized spacial score (nSPS) is 19.1. The Bertz CT molecular complexity index is 275. The van der Waals surface area contributed by atoms with Gasteiger partial charge in [-0.25, -0.2) is 4.98 Å². The molecule has 1 aliphatic heterocycles. The molecule has 0 bridgehead atoms. The minimum atomic E-state index is 0.741. The Morgan fingerprint density at radius 2 is 2.12 bits per heavy atom. The highest BCUT2D eigenvalue weighted by molar-refractivity contribution is 4.77. The van der Waals surface area contributed by atoms with Crippen molar-refractivity contribution >= 4 is 0 Å². The fourth-order valence-corrected chi connectivity index (χ4v) is 2.34. The van der Waals surface area contributed by atoms with Gasteiger partial charge in [0.15, 0.2) is 0 Å². The van der Waals surface area contributed by atoms with E-state index in [1.54, 1.807) is 0 Å². The van der Waals surface area contributed by atoms with Gasteiger partial charge in [0.05, 0.1) is 6.33 Å². The van der Waals surface area contributed by atoms with E-state index in [4.69, 9.17) is 0 Å². The molecule has 1 aromatic heterocycles. The fraction of sp³-hybridized carbons (Fsp3) is 0.750. The van der Waals surface area contributed by atoms with E-state index in [2.05, 4.69) is 26.8 Å². The van der Waals surface area contributed by atoms with Crippen molar-refractivity contribution in [2.45, 2.75) is 31.8 Å². The standard InChI is InChI=1S/C12H22N4/c1-13-12-3-8-15(9-4-12)6-2-7-16-10-5-14-11-16/h5,10-13H,2-4,6-9H2,1H3. The van der Waals surface area contributed by atoms with Gasteiger partial charge >= 0.3 is 0 Å². The van der Waals surface area contributed by atoms with Crippen molar-refractivity contribution in [3.8, 4) is 0 Å². The average molecular weight is 222 g/mol. The summed E-state index contributed by atoms with van der Waals surface area (Å²) in [5, 5.41) is 3.36. The second kappa shape index (κ2) is 6.01. The van der Waals surface area contributed by atoms with Crippen molar-refractivity contribution < 1.29 is 0 Å². The molecule has 0 saturated carbocycles. The molecule has 1 aliphatic rings. The first kappa shape index (κ1) is 11.6. The Balaban J connectivity index is 1.60. The van der Waals surface area contributed by atoms with Crippen LogP contribution in [0.3, 0.4) is 0 Å². The van der Waals surface area contributed by atoms with Gasteiger partial charge < -0.3 is 14.8 Å². The van der Waals surface area contributed by atoms with Crippen LogP contribution in [-0.2, 0) is 6.54 Å². The maximum Gasteiger partial charge on any atom is 0.0945 e. The molecule has 16 heavy (non-hydrogen) atoms. The Morgan fingerprint density at radius 3 is 2.75 bits per heavy atom. The number of hydrogen-bond acceptors (Lipinski definition) is 3. The minimum absolute atomic E-state index is 0.741. The van der Waals surface area contributed by atoms with Gasteiger partial charge in [-0.05, 0) is 45.9 Å². The molecule has 1 fully saturated rings. The summed E-state index contributed by atoms with van der Waals surface area (Å²) in [7, 11) is 2.07. The monoisotopic (exact) mass is 222 g/mol. The van der Waals surface area contributed by atoms with Crippen LogP contribution in [0.2, 0.25) is 0 Å². The smallest absolute Gasteiger partial charge is 0.0945 e. The Kier molecular flexibility index (Phi) is 4.36. The zero-order chi connectivity index (χ0) is 11.2. The van der Waals surface area contributed by atoms with Crippen LogP contribution in [-0.4, -0.2) is 47.2 Å². The van der Waals surface area contributed by atoms with Crippen molar-refractivity contribution in [2.24, 2.45) is 0 Å². The number of aryl methyl sites for hydroxylation is 1. The summed E-state index contributed by atoms with van der Waals surface area (Å²) in [5.74, 6) is 0. The number of likely N-dealkylation sites (tertiary alicyclic amines) is 1. The molecule has 0 atom stereocenters. The molecule has 0 amide bonds. The van der Waals surface area contributed by atoms with Crippen LogP contribution >= 0.6 is 0 Å². The molecule has 1 aromatic rings. The zero-order valence-electron chi connectivity index (χ0n) is 10.1. The van der Waals surface area contributed by atoms with Crippen LogP contribution in [0.15, 0.2) is 18.7 Å². The van der Waals surface area contributed by atoms with Crippen LogP contribution < -0.4 is 5.32 Å². The van der Waals surface area contributed by atoms with E-state index >= 15 is 0 Å². The van der Waals surface area contributed by atoms with Crippen molar-refractivity contribution in [1.29, 1.82) is 0 Å². The molecule has 4 heteroatoms. The van der Waals surface area contributed by atoms with E-state index in [0.717, 1.165) is 12.6 Å². The van der Waals surface area contributed by atoms with Gasteiger partial charge in [0.2, 0.25) is 0 Å². The maximum atomic E-state index is 4.05. The van der Waals surface area contributed by atoms with Gasteiger partial charge in [0, 0.05) is 25.0 Å². The van der Waals surface area contributed by atoms with E-state index in [0.29, 0.717) is 0 Å². The van der Waals surface area contributed by atoms with E-state index in [9.17, 15) is 0 Å². The largest absolute Gasteiger partial charge is 0.337 e. The van der Waals surface area contributed by atoms with E-state index in [1.807, 2.05) is 18.7 Å². The van der Waals surface area contributed by atoms with Crippen LogP contribution in [0.4, 0.5) is 0 Å². The number of rotatable bonds is 5. The quantitative estimate of drug-likeness (QED) is 0.805. The summed E-state index contributed by atoms with van der Waals surface area (Å²) in [5.41, 5.74) is 0. The highest BCUT2D eigenvalue weighted by Crippen LogP contribution is 2.10. The summed E-state index contributed by atoms with van der Waals surface area (Å²) in [6.07, 6.45) is 9.59. The van der Waals surface area contributed by atoms with E-state index < -0.39 is 0 Å². The molecule has 2 heterocycles. The number of piperidine rings is 1. The summed E-state index contributed by atoms with van der Waals surface area (Å²) in [6, 6.07) is 0.741. The fourth-order valence-electron chi connectivity index (χ4n) is 2.34. The predicted molar refractivity (Wildman–Crippen MR) is 65.4 cm³/mol. The van der Waals surface area contributed by atoms with Crippen LogP contribution in [0.5, 0.6) is 0 Å². The van der Waals surface area contributed by atoms with Crippen molar-refractivity contribution in [3.05, 3.63) is 18.7 Å². The molecule has 4 nitrogen and oxygen atoms in total. The zero-order valence-corrected chi connectivity index (χ0v) is 10.1. The van der Waals surface area contributed by atoms with Crippen LogP contribution in [0.25, 0.3) is 0 Å². The van der Waals surface area contributed by atoms with Gasteiger partial charge in [-0.1, -0.05) is 0 Å². The Morgan fingerprint density at radius 1 is 1.31 bits per heavy atom. The summed E-state index contributed by atoms with van der Waals surface area (Å²) in [4.78, 5) is 6.62. The minimum Gasteiger partial charge on any atom is -0.337 e. The molecule has 2 rings (SSSR count). The molecule has 0 spiro atoms. The van der Waals surface area contributed by atoms with Crippen molar-refractivity contribution in [3.63, 3.8) is 0 Å². The molecule has 0 radical (unpaired) electrons. The molecular weight excluding hydrogens is 200 g/mol.